The van der Waals surface area contributed by atoms with Gasteiger partial charge in [0, 0.05) is 25.2 Å². The maximum absolute atomic E-state index is 12.3. The summed E-state index contributed by atoms with van der Waals surface area (Å²) in [7, 11) is 0. The van der Waals surface area contributed by atoms with Crippen molar-refractivity contribution in [2.24, 2.45) is 0 Å². The molecule has 2 aromatic rings. The fourth-order valence-electron chi connectivity index (χ4n) is 2.53. The van der Waals surface area contributed by atoms with Crippen molar-refractivity contribution in [2.45, 2.75) is 27.2 Å². The zero-order valence-corrected chi connectivity index (χ0v) is 16.2. The maximum Gasteiger partial charge on any atom is 0.338 e. The monoisotopic (exact) mass is 384 g/mol. The summed E-state index contributed by atoms with van der Waals surface area (Å²) in [6, 6.07) is 12.2. The third-order valence-corrected chi connectivity index (χ3v) is 3.70. The lowest BCUT2D eigenvalue weighted by atomic mass is 10.1. The number of rotatable bonds is 8. The van der Waals surface area contributed by atoms with Crippen molar-refractivity contribution in [2.75, 3.05) is 23.8 Å². The van der Waals surface area contributed by atoms with Gasteiger partial charge in [-0.05, 0) is 42.3 Å². The van der Waals surface area contributed by atoms with E-state index in [2.05, 4.69) is 17.6 Å². The van der Waals surface area contributed by atoms with Gasteiger partial charge in [0.15, 0.2) is 0 Å². The minimum atomic E-state index is -0.579. The molecule has 2 N–H and O–H groups in total. The van der Waals surface area contributed by atoms with Gasteiger partial charge in [0.05, 0.1) is 5.56 Å². The highest BCUT2D eigenvalue weighted by Crippen LogP contribution is 2.20. The lowest BCUT2D eigenvalue weighted by molar-refractivity contribution is -0.115. The zero-order valence-electron chi connectivity index (χ0n) is 16.2. The first kappa shape index (κ1) is 21.0. The Morgan fingerprint density at radius 2 is 1.54 bits per heavy atom. The predicted octanol–water partition coefficient (Wildman–Crippen LogP) is 3.40. The predicted molar refractivity (Wildman–Crippen MR) is 107 cm³/mol. The van der Waals surface area contributed by atoms with Gasteiger partial charge in [-0.1, -0.05) is 19.1 Å². The average molecular weight is 384 g/mol. The Morgan fingerprint density at radius 1 is 0.893 bits per heavy atom. The first-order valence-electron chi connectivity index (χ1n) is 8.96. The standard InChI is InChI=1S/C21H24N2O5/c1-4-16-6-5-7-20(10-16)27-8-9-28-21(26)17-11-18(22-14(2)24)13-19(12-17)23-15(3)25/h5-7,10-13H,4,8-9H2,1-3H3,(H,22,24)(H,23,25). The highest BCUT2D eigenvalue weighted by Gasteiger charge is 2.12. The van der Waals surface area contributed by atoms with E-state index < -0.39 is 5.97 Å². The van der Waals surface area contributed by atoms with E-state index in [1.54, 1.807) is 6.07 Å². The van der Waals surface area contributed by atoms with Gasteiger partial charge in [0.2, 0.25) is 11.8 Å². The van der Waals surface area contributed by atoms with Crippen LogP contribution in [0.5, 0.6) is 5.75 Å². The number of hydrogen-bond donors (Lipinski definition) is 2. The van der Waals surface area contributed by atoms with E-state index in [-0.39, 0.29) is 30.6 Å². The van der Waals surface area contributed by atoms with Crippen LogP contribution in [0, 0.1) is 0 Å². The second-order valence-electron chi connectivity index (χ2n) is 6.15. The Balaban J connectivity index is 1.97. The normalized spacial score (nSPS) is 10.1. The number of esters is 1. The summed E-state index contributed by atoms with van der Waals surface area (Å²) < 4.78 is 10.8. The van der Waals surface area contributed by atoms with Crippen LogP contribution in [-0.4, -0.2) is 31.0 Å². The van der Waals surface area contributed by atoms with Crippen molar-refractivity contribution in [3.05, 3.63) is 53.6 Å². The molecule has 0 unspecified atom stereocenters. The molecule has 0 bridgehead atoms. The number of anilines is 2. The first-order valence-corrected chi connectivity index (χ1v) is 8.96. The molecule has 0 aliphatic heterocycles. The molecule has 148 valence electrons. The molecular formula is C21H24N2O5. The van der Waals surface area contributed by atoms with Gasteiger partial charge in [0.25, 0.3) is 0 Å². The molecule has 7 nitrogen and oxygen atoms in total. The molecule has 7 heteroatoms. The molecule has 0 fully saturated rings. The topological polar surface area (TPSA) is 93.7 Å². The van der Waals surface area contributed by atoms with Crippen LogP contribution in [0.2, 0.25) is 0 Å². The van der Waals surface area contributed by atoms with E-state index in [0.29, 0.717) is 11.4 Å². The van der Waals surface area contributed by atoms with Crippen LogP contribution in [0.25, 0.3) is 0 Å². The smallest absolute Gasteiger partial charge is 0.338 e. The number of nitrogens with one attached hydrogen (secondary N) is 2. The van der Waals surface area contributed by atoms with Gasteiger partial charge in [-0.15, -0.1) is 0 Å². The van der Waals surface area contributed by atoms with E-state index in [1.165, 1.54) is 26.0 Å². The molecule has 0 heterocycles. The van der Waals surface area contributed by atoms with Gasteiger partial charge in [-0.2, -0.15) is 0 Å². The van der Waals surface area contributed by atoms with Crippen LogP contribution < -0.4 is 15.4 Å². The number of ether oxygens (including phenoxy) is 2. The Bertz CT molecular complexity index is 829. The second-order valence-corrected chi connectivity index (χ2v) is 6.15. The van der Waals surface area contributed by atoms with Crippen LogP contribution in [-0.2, 0) is 20.7 Å². The molecule has 0 saturated heterocycles. The molecular weight excluding hydrogens is 360 g/mol. The van der Waals surface area contributed by atoms with Gasteiger partial charge in [0.1, 0.15) is 19.0 Å². The minimum Gasteiger partial charge on any atom is -0.490 e. The summed E-state index contributed by atoms with van der Waals surface area (Å²) in [6.07, 6.45) is 0.910. The van der Waals surface area contributed by atoms with Crippen LogP contribution in [0.1, 0.15) is 36.7 Å². The minimum absolute atomic E-state index is 0.0645. The van der Waals surface area contributed by atoms with Crippen LogP contribution >= 0.6 is 0 Å². The Morgan fingerprint density at radius 3 is 2.11 bits per heavy atom. The number of aryl methyl sites for hydroxylation is 1. The fourth-order valence-corrected chi connectivity index (χ4v) is 2.53. The van der Waals surface area contributed by atoms with E-state index in [0.717, 1.165) is 17.7 Å². The third kappa shape index (κ3) is 6.75. The molecule has 0 saturated carbocycles. The second kappa shape index (κ2) is 10.1. The molecule has 2 aromatic carbocycles. The Hall–Kier alpha value is -3.35. The lowest BCUT2D eigenvalue weighted by Crippen LogP contribution is -2.14. The lowest BCUT2D eigenvalue weighted by Gasteiger charge is -2.11. The van der Waals surface area contributed by atoms with Gasteiger partial charge in [-0.25, -0.2) is 4.79 Å². The Labute approximate surface area is 164 Å². The van der Waals surface area contributed by atoms with E-state index in [1.807, 2.05) is 24.3 Å². The first-order chi connectivity index (χ1) is 13.4. The molecule has 28 heavy (non-hydrogen) atoms. The van der Waals surface area contributed by atoms with Gasteiger partial charge in [-0.3, -0.25) is 9.59 Å². The summed E-state index contributed by atoms with van der Waals surface area (Å²) in [5, 5.41) is 5.18. The molecule has 0 radical (unpaired) electrons. The quantitative estimate of drug-likeness (QED) is 0.537. The van der Waals surface area contributed by atoms with E-state index in [9.17, 15) is 14.4 Å². The highest BCUT2D eigenvalue weighted by atomic mass is 16.6. The van der Waals surface area contributed by atoms with Crippen LogP contribution in [0.3, 0.4) is 0 Å². The third-order valence-electron chi connectivity index (χ3n) is 3.70. The number of carbonyl (C=O) groups excluding carboxylic acids is 3. The Kier molecular flexibility index (Phi) is 7.56. The molecule has 0 atom stereocenters. The van der Waals surface area contributed by atoms with Crippen molar-refractivity contribution in [3.63, 3.8) is 0 Å². The number of carbonyl (C=O) groups is 3. The summed E-state index contributed by atoms with van der Waals surface area (Å²) in [5.74, 6) is -0.440. The molecule has 0 aliphatic carbocycles. The SMILES string of the molecule is CCc1cccc(OCCOC(=O)c2cc(NC(C)=O)cc(NC(C)=O)c2)c1. The van der Waals surface area contributed by atoms with Gasteiger partial charge >= 0.3 is 5.97 Å². The van der Waals surface area contributed by atoms with Crippen molar-refractivity contribution < 1.29 is 23.9 Å². The molecule has 2 amide bonds. The average Bonchev–Trinajstić information content (AvgIpc) is 2.64. The van der Waals surface area contributed by atoms with Crippen LogP contribution in [0.15, 0.2) is 42.5 Å². The maximum atomic E-state index is 12.3. The summed E-state index contributed by atoms with van der Waals surface area (Å²) in [6.45, 7) is 5.05. The van der Waals surface area contributed by atoms with Crippen molar-refractivity contribution >= 4 is 29.2 Å². The van der Waals surface area contributed by atoms with Crippen molar-refractivity contribution in [1.29, 1.82) is 0 Å². The molecule has 0 aromatic heterocycles. The van der Waals surface area contributed by atoms with Crippen LogP contribution in [0.4, 0.5) is 11.4 Å². The van der Waals surface area contributed by atoms with Crippen molar-refractivity contribution in [3.8, 4) is 5.75 Å². The van der Waals surface area contributed by atoms with Gasteiger partial charge < -0.3 is 20.1 Å². The molecule has 0 aliphatic rings. The number of amides is 2. The highest BCUT2D eigenvalue weighted by molar-refractivity contribution is 5.97. The zero-order chi connectivity index (χ0) is 20.5. The van der Waals surface area contributed by atoms with Crippen molar-refractivity contribution in [1.82, 2.24) is 0 Å². The summed E-state index contributed by atoms with van der Waals surface area (Å²) >= 11 is 0. The van der Waals surface area contributed by atoms with E-state index >= 15 is 0 Å². The molecule has 2 rings (SSSR count). The fraction of sp³-hybridized carbons (Fsp3) is 0.286. The number of hydrogen-bond acceptors (Lipinski definition) is 5. The van der Waals surface area contributed by atoms with E-state index in [4.69, 9.17) is 9.47 Å². The number of benzene rings is 2. The summed E-state index contributed by atoms with van der Waals surface area (Å²) in [4.78, 5) is 34.9. The molecule has 0 spiro atoms. The summed E-state index contributed by atoms with van der Waals surface area (Å²) in [5.41, 5.74) is 2.15. The largest absolute Gasteiger partial charge is 0.490 e.